The molecule has 4 aromatic rings. The molecule has 1 saturated heterocycles. The maximum Gasteiger partial charge on any atom is 0.243 e. The summed E-state index contributed by atoms with van der Waals surface area (Å²) in [6.45, 7) is 1.61. The van der Waals surface area contributed by atoms with Gasteiger partial charge in [-0.2, -0.15) is 9.40 Å². The van der Waals surface area contributed by atoms with Crippen LogP contribution in [-0.4, -0.2) is 58.8 Å². The Hall–Kier alpha value is -2.79. The minimum Gasteiger partial charge on any atom is -0.379 e. The van der Waals surface area contributed by atoms with Gasteiger partial charge in [0.2, 0.25) is 10.0 Å². The molecule has 1 aliphatic rings. The maximum atomic E-state index is 13.0. The van der Waals surface area contributed by atoms with E-state index in [4.69, 9.17) is 4.74 Å². The Balaban J connectivity index is 1.37. The topological polar surface area (TPSA) is 90.2 Å². The molecule has 1 fully saturated rings. The average molecular weight is 468 g/mol. The molecule has 0 unspecified atom stereocenters. The van der Waals surface area contributed by atoms with Crippen LogP contribution in [0.2, 0.25) is 0 Å². The Bertz CT molecular complexity index is 1340. The second kappa shape index (κ2) is 8.99. The zero-order chi connectivity index (χ0) is 22.0. The fourth-order valence-electron chi connectivity index (χ4n) is 3.58. The van der Waals surface area contributed by atoms with E-state index in [0.29, 0.717) is 37.0 Å². The molecule has 164 valence electrons. The van der Waals surface area contributed by atoms with E-state index >= 15 is 0 Å². The molecular formula is C22H21N5O3S2. The number of benzene rings is 2. The van der Waals surface area contributed by atoms with Gasteiger partial charge in [0, 0.05) is 18.8 Å². The third kappa shape index (κ3) is 4.14. The lowest BCUT2D eigenvalue weighted by Gasteiger charge is -2.26. The van der Waals surface area contributed by atoms with Crippen molar-refractivity contribution in [2.24, 2.45) is 0 Å². The lowest BCUT2D eigenvalue weighted by atomic mass is 10.2. The lowest BCUT2D eigenvalue weighted by Crippen LogP contribution is -2.40. The lowest BCUT2D eigenvalue weighted by molar-refractivity contribution is 0.0730. The molecule has 3 heterocycles. The number of ether oxygens (including phenoxy) is 1. The van der Waals surface area contributed by atoms with E-state index in [1.165, 1.54) is 22.4 Å². The number of morpholine rings is 1. The van der Waals surface area contributed by atoms with Gasteiger partial charge in [-0.25, -0.2) is 23.1 Å². The van der Waals surface area contributed by atoms with Crippen LogP contribution >= 0.6 is 11.8 Å². The highest BCUT2D eigenvalue weighted by molar-refractivity contribution is 7.98. The maximum absolute atomic E-state index is 13.0. The van der Waals surface area contributed by atoms with Gasteiger partial charge in [-0.1, -0.05) is 30.3 Å². The summed E-state index contributed by atoms with van der Waals surface area (Å²) in [6.07, 6.45) is 3.30. The SMILES string of the molecule is O=S(=O)(c1cccc(CSc2ncnc3c2cnn3-c2ccccc2)c1)N1CCOCC1. The Labute approximate surface area is 190 Å². The van der Waals surface area contributed by atoms with Crippen LogP contribution in [0.3, 0.4) is 0 Å². The Morgan fingerprint density at radius 3 is 2.62 bits per heavy atom. The summed E-state index contributed by atoms with van der Waals surface area (Å²) in [7, 11) is -3.52. The van der Waals surface area contributed by atoms with E-state index in [9.17, 15) is 8.42 Å². The normalized spacial score (nSPS) is 15.2. The number of hydrogen-bond acceptors (Lipinski definition) is 7. The summed E-state index contributed by atoms with van der Waals surface area (Å²) in [4.78, 5) is 9.15. The molecule has 2 aromatic heterocycles. The number of thioether (sulfide) groups is 1. The molecule has 0 bridgehead atoms. The summed E-state index contributed by atoms with van der Waals surface area (Å²) >= 11 is 1.53. The van der Waals surface area contributed by atoms with E-state index < -0.39 is 10.0 Å². The van der Waals surface area contributed by atoms with Gasteiger partial charge in [-0.15, -0.1) is 11.8 Å². The molecule has 32 heavy (non-hydrogen) atoms. The summed E-state index contributed by atoms with van der Waals surface area (Å²) in [5.74, 6) is 0.578. The zero-order valence-corrected chi connectivity index (χ0v) is 18.8. The van der Waals surface area contributed by atoms with Gasteiger partial charge >= 0.3 is 0 Å². The van der Waals surface area contributed by atoms with Gasteiger partial charge < -0.3 is 4.74 Å². The van der Waals surface area contributed by atoms with E-state index in [2.05, 4.69) is 15.1 Å². The quantitative estimate of drug-likeness (QED) is 0.318. The van der Waals surface area contributed by atoms with E-state index in [1.807, 2.05) is 36.4 Å². The van der Waals surface area contributed by atoms with Crippen molar-refractivity contribution in [3.05, 3.63) is 72.7 Å². The molecule has 0 aliphatic carbocycles. The van der Waals surface area contributed by atoms with Crippen LogP contribution in [-0.2, 0) is 20.5 Å². The van der Waals surface area contributed by atoms with Gasteiger partial charge in [0.05, 0.1) is 35.4 Å². The Morgan fingerprint density at radius 1 is 1.00 bits per heavy atom. The summed E-state index contributed by atoms with van der Waals surface area (Å²) in [5, 5.41) is 6.15. The Kier molecular flexibility index (Phi) is 5.92. The number of para-hydroxylation sites is 1. The van der Waals surface area contributed by atoms with Crippen molar-refractivity contribution in [2.75, 3.05) is 26.3 Å². The fraction of sp³-hybridized carbons (Fsp3) is 0.227. The molecule has 8 nitrogen and oxygen atoms in total. The third-order valence-electron chi connectivity index (χ3n) is 5.21. The fourth-order valence-corrected chi connectivity index (χ4v) is 5.96. The number of fused-ring (bicyclic) bond motifs is 1. The molecule has 0 spiro atoms. The monoisotopic (exact) mass is 467 g/mol. The molecule has 2 aromatic carbocycles. The standard InChI is InChI=1S/C22H21N5O3S2/c28-32(29,26-9-11-30-12-10-26)19-8-4-5-17(13-19)15-31-22-20-14-25-27(21(20)23-16-24-22)18-6-2-1-3-7-18/h1-8,13-14,16H,9-12,15H2. The van der Waals surface area contributed by atoms with Crippen molar-refractivity contribution in [2.45, 2.75) is 15.7 Å². The third-order valence-corrected chi connectivity index (χ3v) is 8.18. The van der Waals surface area contributed by atoms with E-state index in [0.717, 1.165) is 27.3 Å². The second-order valence-corrected chi connectivity index (χ2v) is 10.2. The van der Waals surface area contributed by atoms with E-state index in [1.54, 1.807) is 29.1 Å². The summed E-state index contributed by atoms with van der Waals surface area (Å²) in [5.41, 5.74) is 2.57. The molecule has 0 saturated carbocycles. The molecule has 0 radical (unpaired) electrons. The Morgan fingerprint density at radius 2 is 1.81 bits per heavy atom. The van der Waals surface area contributed by atoms with Crippen LogP contribution in [0.15, 0.2) is 77.0 Å². The first kappa shape index (κ1) is 21.1. The molecule has 1 aliphatic heterocycles. The van der Waals surface area contributed by atoms with Crippen LogP contribution < -0.4 is 0 Å². The summed E-state index contributed by atoms with van der Waals surface area (Å²) < 4.78 is 34.5. The smallest absolute Gasteiger partial charge is 0.243 e. The van der Waals surface area contributed by atoms with Crippen LogP contribution in [0, 0.1) is 0 Å². The largest absolute Gasteiger partial charge is 0.379 e. The van der Waals surface area contributed by atoms with Crippen LogP contribution in [0.25, 0.3) is 16.7 Å². The van der Waals surface area contributed by atoms with Crippen molar-refractivity contribution in [1.82, 2.24) is 24.1 Å². The van der Waals surface area contributed by atoms with Crippen molar-refractivity contribution in [3.8, 4) is 5.69 Å². The van der Waals surface area contributed by atoms with Crippen molar-refractivity contribution in [3.63, 3.8) is 0 Å². The highest BCUT2D eigenvalue weighted by Gasteiger charge is 2.26. The molecule has 0 amide bonds. The van der Waals surface area contributed by atoms with Crippen LogP contribution in [0.5, 0.6) is 0 Å². The first-order valence-corrected chi connectivity index (χ1v) is 12.6. The van der Waals surface area contributed by atoms with Crippen molar-refractivity contribution >= 4 is 32.8 Å². The van der Waals surface area contributed by atoms with Gasteiger partial charge in [-0.3, -0.25) is 0 Å². The molecule has 0 atom stereocenters. The first-order valence-electron chi connectivity index (χ1n) is 10.2. The highest BCUT2D eigenvalue weighted by Crippen LogP contribution is 2.29. The van der Waals surface area contributed by atoms with Crippen LogP contribution in [0.1, 0.15) is 5.56 Å². The average Bonchev–Trinajstić information content (AvgIpc) is 3.29. The van der Waals surface area contributed by atoms with Gasteiger partial charge in [-0.05, 0) is 29.8 Å². The number of rotatable bonds is 6. The van der Waals surface area contributed by atoms with Crippen molar-refractivity contribution < 1.29 is 13.2 Å². The zero-order valence-electron chi connectivity index (χ0n) is 17.2. The minimum atomic E-state index is -3.52. The number of nitrogens with zero attached hydrogens (tertiary/aromatic N) is 5. The predicted molar refractivity (Wildman–Crippen MR) is 122 cm³/mol. The molecule has 10 heteroatoms. The minimum absolute atomic E-state index is 0.308. The number of aromatic nitrogens is 4. The highest BCUT2D eigenvalue weighted by atomic mass is 32.2. The van der Waals surface area contributed by atoms with Gasteiger partial charge in [0.1, 0.15) is 11.4 Å². The number of sulfonamides is 1. The summed E-state index contributed by atoms with van der Waals surface area (Å²) in [6, 6.07) is 16.9. The number of hydrogen-bond donors (Lipinski definition) is 0. The van der Waals surface area contributed by atoms with Gasteiger partial charge in [0.15, 0.2) is 5.65 Å². The first-order chi connectivity index (χ1) is 15.6. The van der Waals surface area contributed by atoms with E-state index in [-0.39, 0.29) is 0 Å². The molecule has 0 N–H and O–H groups in total. The van der Waals surface area contributed by atoms with Gasteiger partial charge in [0.25, 0.3) is 0 Å². The second-order valence-electron chi connectivity index (χ2n) is 7.26. The molecular weight excluding hydrogens is 446 g/mol. The predicted octanol–water partition coefficient (Wildman–Crippen LogP) is 3.13. The van der Waals surface area contributed by atoms with Crippen molar-refractivity contribution in [1.29, 1.82) is 0 Å². The van der Waals surface area contributed by atoms with Crippen LogP contribution in [0.4, 0.5) is 0 Å². The molecule has 5 rings (SSSR count).